The lowest BCUT2D eigenvalue weighted by atomic mass is 10.2. The molecule has 0 fully saturated rings. The topological polar surface area (TPSA) is 69.9 Å². The number of hydrogen-bond acceptors (Lipinski definition) is 5. The van der Waals surface area contributed by atoms with Crippen LogP contribution < -0.4 is 0 Å². The third kappa shape index (κ3) is 4.34. The van der Waals surface area contributed by atoms with Crippen molar-refractivity contribution >= 4 is 18.5 Å². The number of benzene rings is 1. The molecule has 2 rings (SSSR count). The van der Waals surface area contributed by atoms with Crippen molar-refractivity contribution in [2.24, 2.45) is 0 Å². The Morgan fingerprint density at radius 2 is 1.91 bits per heavy atom. The van der Waals surface area contributed by atoms with Gasteiger partial charge in [-0.2, -0.15) is 0 Å². The molecule has 122 valence electrons. The Morgan fingerprint density at radius 1 is 1.18 bits per heavy atom. The fourth-order valence-corrected chi connectivity index (χ4v) is 3.59. The molecule has 0 saturated heterocycles. The van der Waals surface area contributed by atoms with Crippen LogP contribution in [0.5, 0.6) is 5.75 Å². The molecular formula is C15H22NO5P. The first-order valence-electron chi connectivity index (χ1n) is 7.31. The van der Waals surface area contributed by atoms with Crippen molar-refractivity contribution in [1.82, 2.24) is 4.57 Å². The molecule has 0 aliphatic heterocycles. The van der Waals surface area contributed by atoms with E-state index in [0.717, 1.165) is 10.9 Å². The van der Waals surface area contributed by atoms with Crippen molar-refractivity contribution < 1.29 is 23.5 Å². The second-order valence-electron chi connectivity index (χ2n) is 4.74. The lowest BCUT2D eigenvalue weighted by Gasteiger charge is -2.17. The van der Waals surface area contributed by atoms with E-state index in [1.54, 1.807) is 26.0 Å². The average molecular weight is 327 g/mol. The van der Waals surface area contributed by atoms with E-state index in [1.807, 2.05) is 22.9 Å². The van der Waals surface area contributed by atoms with Gasteiger partial charge in [0.05, 0.1) is 19.8 Å². The first-order chi connectivity index (χ1) is 10.6. The minimum atomic E-state index is -3.15. The predicted molar refractivity (Wildman–Crippen MR) is 85.3 cm³/mol. The van der Waals surface area contributed by atoms with Crippen molar-refractivity contribution in [1.29, 1.82) is 0 Å². The largest absolute Gasteiger partial charge is 0.508 e. The number of ether oxygens (including phenoxy) is 1. The summed E-state index contributed by atoms with van der Waals surface area (Å²) in [5.74, 6) is 0.246. The minimum Gasteiger partial charge on any atom is -0.508 e. The first-order valence-corrected chi connectivity index (χ1v) is 9.04. The fourth-order valence-electron chi connectivity index (χ4n) is 2.23. The molecule has 0 amide bonds. The normalized spacial score (nSPS) is 12.1. The van der Waals surface area contributed by atoms with E-state index in [9.17, 15) is 9.67 Å². The highest BCUT2D eigenvalue weighted by Gasteiger charge is 2.23. The highest BCUT2D eigenvalue weighted by Crippen LogP contribution is 2.47. The van der Waals surface area contributed by atoms with Crippen molar-refractivity contribution in [2.75, 3.05) is 26.2 Å². The van der Waals surface area contributed by atoms with Gasteiger partial charge in [-0.25, -0.2) is 0 Å². The molecule has 0 bridgehead atoms. The number of aromatic hydroxyl groups is 1. The monoisotopic (exact) mass is 327 g/mol. The summed E-state index contributed by atoms with van der Waals surface area (Å²) in [5, 5.41) is 10.4. The first kappa shape index (κ1) is 17.0. The van der Waals surface area contributed by atoms with E-state index in [1.165, 1.54) is 0 Å². The Morgan fingerprint density at radius 3 is 2.59 bits per heavy atom. The van der Waals surface area contributed by atoms with E-state index in [-0.39, 0.29) is 12.1 Å². The molecule has 7 heteroatoms. The summed E-state index contributed by atoms with van der Waals surface area (Å²) >= 11 is 0. The molecule has 0 aliphatic carbocycles. The van der Waals surface area contributed by atoms with Crippen molar-refractivity contribution in [3.8, 4) is 5.75 Å². The van der Waals surface area contributed by atoms with Gasteiger partial charge in [0.15, 0.2) is 0 Å². The third-order valence-corrected chi connectivity index (χ3v) is 4.93. The van der Waals surface area contributed by atoms with Gasteiger partial charge in [-0.1, -0.05) is 0 Å². The van der Waals surface area contributed by atoms with Crippen LogP contribution in [0.4, 0.5) is 0 Å². The number of hydrogen-bond donors (Lipinski definition) is 1. The molecule has 0 saturated carbocycles. The minimum absolute atomic E-state index is 0.0470. The van der Waals surface area contributed by atoms with Crippen LogP contribution in [0.15, 0.2) is 30.5 Å². The summed E-state index contributed by atoms with van der Waals surface area (Å²) in [7, 11) is -3.15. The number of rotatable bonds is 9. The van der Waals surface area contributed by atoms with Crippen LogP contribution in [0.25, 0.3) is 10.9 Å². The molecule has 0 spiro atoms. The molecule has 0 unspecified atom stereocenters. The maximum atomic E-state index is 12.2. The van der Waals surface area contributed by atoms with Crippen LogP contribution in [0.1, 0.15) is 13.8 Å². The van der Waals surface area contributed by atoms with Gasteiger partial charge in [-0.15, -0.1) is 0 Å². The average Bonchev–Trinajstić information content (AvgIpc) is 2.86. The second-order valence-corrected chi connectivity index (χ2v) is 6.73. The molecule has 6 nitrogen and oxygen atoms in total. The molecule has 1 aromatic carbocycles. The van der Waals surface area contributed by atoms with E-state index in [0.29, 0.717) is 26.4 Å². The van der Waals surface area contributed by atoms with Crippen LogP contribution in [0.2, 0.25) is 0 Å². The lowest BCUT2D eigenvalue weighted by Crippen LogP contribution is -2.08. The molecule has 1 N–H and O–H groups in total. The Balaban J connectivity index is 1.88. The number of nitrogens with zero attached hydrogens (tertiary/aromatic N) is 1. The van der Waals surface area contributed by atoms with Crippen molar-refractivity contribution in [3.63, 3.8) is 0 Å². The smallest absolute Gasteiger partial charge is 0.356 e. The standard InChI is InChI=1S/C15H22NO5P/c1-3-20-22(18,21-4-2)12-19-10-9-16-8-7-13-11-14(17)5-6-15(13)16/h5-8,11,17H,3-4,9-10,12H2,1-2H3. The van der Waals surface area contributed by atoms with Crippen LogP contribution in [-0.4, -0.2) is 35.8 Å². The van der Waals surface area contributed by atoms with Crippen LogP contribution in [-0.2, 0) is 24.9 Å². The lowest BCUT2D eigenvalue weighted by molar-refractivity contribution is 0.127. The Labute approximate surface area is 130 Å². The molecule has 0 radical (unpaired) electrons. The SMILES string of the molecule is CCOP(=O)(COCCn1ccc2cc(O)ccc21)OCC. The van der Waals surface area contributed by atoms with E-state index >= 15 is 0 Å². The summed E-state index contributed by atoms with van der Waals surface area (Å²) in [6.07, 6.45) is 1.88. The second kappa shape index (κ2) is 7.79. The predicted octanol–water partition coefficient (Wildman–Crippen LogP) is 3.59. The fraction of sp³-hybridized carbons (Fsp3) is 0.467. The number of aromatic nitrogens is 1. The molecule has 1 aromatic heterocycles. The van der Waals surface area contributed by atoms with Crippen LogP contribution in [0.3, 0.4) is 0 Å². The van der Waals surface area contributed by atoms with Gasteiger partial charge in [0.1, 0.15) is 12.1 Å². The zero-order valence-electron chi connectivity index (χ0n) is 12.9. The zero-order chi connectivity index (χ0) is 16.0. The Hall–Kier alpha value is -1.33. The zero-order valence-corrected chi connectivity index (χ0v) is 13.8. The molecular weight excluding hydrogens is 305 g/mol. The summed E-state index contributed by atoms with van der Waals surface area (Å²) < 4.78 is 30.0. The number of phenolic OH excluding ortho intramolecular Hbond substituents is 1. The molecule has 2 aromatic rings. The molecule has 1 heterocycles. The van der Waals surface area contributed by atoms with Crippen LogP contribution in [0, 0.1) is 0 Å². The highest BCUT2D eigenvalue weighted by molar-refractivity contribution is 7.53. The summed E-state index contributed by atoms with van der Waals surface area (Å²) in [6, 6.07) is 7.15. The van der Waals surface area contributed by atoms with Gasteiger partial charge in [0, 0.05) is 23.6 Å². The molecule has 0 aliphatic rings. The van der Waals surface area contributed by atoms with Gasteiger partial charge in [0.25, 0.3) is 0 Å². The third-order valence-electron chi connectivity index (χ3n) is 3.13. The number of phenols is 1. The summed E-state index contributed by atoms with van der Waals surface area (Å²) in [6.45, 7) is 5.21. The van der Waals surface area contributed by atoms with Gasteiger partial charge < -0.3 is 23.5 Å². The molecule has 0 atom stereocenters. The van der Waals surface area contributed by atoms with E-state index < -0.39 is 7.60 Å². The van der Waals surface area contributed by atoms with Crippen LogP contribution >= 0.6 is 7.60 Å². The van der Waals surface area contributed by atoms with Gasteiger partial charge in [-0.05, 0) is 38.1 Å². The summed E-state index contributed by atoms with van der Waals surface area (Å²) in [5.41, 5.74) is 1.01. The van der Waals surface area contributed by atoms with Crippen molar-refractivity contribution in [2.45, 2.75) is 20.4 Å². The van der Waals surface area contributed by atoms with E-state index in [2.05, 4.69) is 0 Å². The van der Waals surface area contributed by atoms with Gasteiger partial charge >= 0.3 is 7.60 Å². The maximum absolute atomic E-state index is 12.2. The molecule has 22 heavy (non-hydrogen) atoms. The van der Waals surface area contributed by atoms with Gasteiger partial charge in [0.2, 0.25) is 0 Å². The quantitative estimate of drug-likeness (QED) is 0.563. The Kier molecular flexibility index (Phi) is 6.03. The highest BCUT2D eigenvalue weighted by atomic mass is 31.2. The Bertz CT molecular complexity index is 644. The van der Waals surface area contributed by atoms with E-state index in [4.69, 9.17) is 13.8 Å². The van der Waals surface area contributed by atoms with Crippen molar-refractivity contribution in [3.05, 3.63) is 30.5 Å². The summed E-state index contributed by atoms with van der Waals surface area (Å²) in [4.78, 5) is 0. The van der Waals surface area contributed by atoms with Gasteiger partial charge in [-0.3, -0.25) is 4.57 Å². The maximum Gasteiger partial charge on any atom is 0.356 e. The number of fused-ring (bicyclic) bond motifs is 1.